The van der Waals surface area contributed by atoms with Crippen LogP contribution in [0.5, 0.6) is 5.75 Å². The van der Waals surface area contributed by atoms with Gasteiger partial charge in [0.15, 0.2) is 0 Å². The Labute approximate surface area is 125 Å². The van der Waals surface area contributed by atoms with Crippen molar-refractivity contribution in [1.29, 1.82) is 0 Å². The zero-order valence-corrected chi connectivity index (χ0v) is 12.7. The van der Waals surface area contributed by atoms with E-state index in [0.717, 1.165) is 31.8 Å². The summed E-state index contributed by atoms with van der Waals surface area (Å²) in [6.07, 6.45) is 5.25. The molecule has 1 rings (SSSR count). The molecule has 2 nitrogen and oxygen atoms in total. The second kappa shape index (κ2) is 8.78. The van der Waals surface area contributed by atoms with Gasteiger partial charge in [0.05, 0.1) is 7.11 Å². The van der Waals surface area contributed by atoms with Gasteiger partial charge in [-0.3, -0.25) is 0 Å². The molecule has 1 unspecified atom stereocenters. The summed E-state index contributed by atoms with van der Waals surface area (Å²) in [7, 11) is 1.50. The predicted molar refractivity (Wildman–Crippen MR) is 80.8 cm³/mol. The topological polar surface area (TPSA) is 29.5 Å². The summed E-state index contributed by atoms with van der Waals surface area (Å²) in [4.78, 5) is 0. The Morgan fingerprint density at radius 3 is 2.43 bits per heavy atom. The number of hydrogen-bond donors (Lipinski definition) is 1. The van der Waals surface area contributed by atoms with Gasteiger partial charge in [-0.05, 0) is 36.6 Å². The molecule has 0 aliphatic rings. The van der Waals surface area contributed by atoms with E-state index in [1.807, 2.05) is 0 Å². The van der Waals surface area contributed by atoms with Crippen LogP contribution in [-0.4, -0.2) is 18.1 Å². The number of aliphatic hydroxyl groups is 1. The van der Waals surface area contributed by atoms with E-state index in [1.54, 1.807) is 12.1 Å². The highest BCUT2D eigenvalue weighted by atomic mass is 19.3. The summed E-state index contributed by atoms with van der Waals surface area (Å²) < 4.78 is 32.7. The summed E-state index contributed by atoms with van der Waals surface area (Å²) in [6.45, 7) is 2.11. The van der Waals surface area contributed by atoms with Crippen molar-refractivity contribution in [2.45, 2.75) is 51.1 Å². The van der Waals surface area contributed by atoms with Gasteiger partial charge in [0, 0.05) is 0 Å². The average Bonchev–Trinajstić information content (AvgIpc) is 2.50. The summed E-state index contributed by atoms with van der Waals surface area (Å²) in [5.74, 6) is -2.69. The van der Waals surface area contributed by atoms with Crippen LogP contribution in [0, 0.1) is 0 Å². The van der Waals surface area contributed by atoms with Crippen LogP contribution in [-0.2, 0) is 0 Å². The fourth-order valence-corrected chi connectivity index (χ4v) is 2.03. The molecule has 0 saturated carbocycles. The Bertz CT molecular complexity index is 427. The number of ether oxygens (including phenoxy) is 1. The van der Waals surface area contributed by atoms with E-state index in [1.165, 1.54) is 25.3 Å². The van der Waals surface area contributed by atoms with Crippen LogP contribution < -0.4 is 4.74 Å². The molecule has 0 heterocycles. The molecule has 0 spiro atoms. The largest absolute Gasteiger partial charge is 0.497 e. The highest BCUT2D eigenvalue weighted by molar-refractivity contribution is 5.30. The first-order valence-corrected chi connectivity index (χ1v) is 7.38. The third-order valence-electron chi connectivity index (χ3n) is 3.36. The Morgan fingerprint density at radius 2 is 1.86 bits per heavy atom. The van der Waals surface area contributed by atoms with Gasteiger partial charge in [0.1, 0.15) is 11.9 Å². The van der Waals surface area contributed by atoms with E-state index >= 15 is 0 Å². The van der Waals surface area contributed by atoms with Crippen LogP contribution in [0.1, 0.15) is 50.7 Å². The minimum absolute atomic E-state index is 0.177. The summed E-state index contributed by atoms with van der Waals surface area (Å²) in [6, 6.07) is 6.02. The highest BCUT2D eigenvalue weighted by Crippen LogP contribution is 2.33. The molecule has 1 atom stereocenters. The van der Waals surface area contributed by atoms with Crippen molar-refractivity contribution >= 4 is 0 Å². The maximum Gasteiger partial charge on any atom is 0.295 e. The molecule has 4 heteroatoms. The smallest absolute Gasteiger partial charge is 0.295 e. The fraction of sp³-hybridized carbons (Fsp3) is 0.529. The highest BCUT2D eigenvalue weighted by Gasteiger charge is 2.36. The maximum absolute atomic E-state index is 13.9. The zero-order valence-electron chi connectivity index (χ0n) is 12.7. The van der Waals surface area contributed by atoms with Crippen molar-refractivity contribution in [3.8, 4) is 5.75 Å². The second-order valence-electron chi connectivity index (χ2n) is 5.10. The lowest BCUT2D eigenvalue weighted by atomic mass is 10.0. The van der Waals surface area contributed by atoms with Crippen molar-refractivity contribution in [2.24, 2.45) is 0 Å². The molecule has 0 radical (unpaired) electrons. The SMILES string of the molecule is CCCCCC/C=C\C(F)(F)C(O)c1ccc(OC)cc1. The monoisotopic (exact) mass is 298 g/mol. The maximum atomic E-state index is 13.9. The molecule has 0 saturated heterocycles. The predicted octanol–water partition coefficient (Wildman–Crippen LogP) is 4.89. The van der Waals surface area contributed by atoms with Crippen molar-refractivity contribution in [1.82, 2.24) is 0 Å². The first-order valence-electron chi connectivity index (χ1n) is 7.38. The lowest BCUT2D eigenvalue weighted by Gasteiger charge is -2.19. The van der Waals surface area contributed by atoms with Crippen LogP contribution in [0.3, 0.4) is 0 Å². The molecule has 0 bridgehead atoms. The van der Waals surface area contributed by atoms with Crippen molar-refractivity contribution in [3.05, 3.63) is 42.0 Å². The van der Waals surface area contributed by atoms with Gasteiger partial charge >= 0.3 is 0 Å². The Balaban J connectivity index is 2.56. The summed E-state index contributed by atoms with van der Waals surface area (Å²) in [5, 5.41) is 9.81. The molecule has 0 fully saturated rings. The van der Waals surface area contributed by atoms with E-state index < -0.39 is 12.0 Å². The lowest BCUT2D eigenvalue weighted by molar-refractivity contribution is -0.0716. The Morgan fingerprint density at radius 1 is 1.19 bits per heavy atom. The Hall–Kier alpha value is -1.42. The quantitative estimate of drug-likeness (QED) is 0.519. The van der Waals surface area contributed by atoms with Crippen molar-refractivity contribution < 1.29 is 18.6 Å². The molecule has 1 aromatic carbocycles. The van der Waals surface area contributed by atoms with Gasteiger partial charge in [0.25, 0.3) is 5.92 Å². The van der Waals surface area contributed by atoms with Gasteiger partial charge in [-0.1, -0.05) is 44.4 Å². The van der Waals surface area contributed by atoms with Crippen molar-refractivity contribution in [3.63, 3.8) is 0 Å². The number of unbranched alkanes of at least 4 members (excludes halogenated alkanes) is 4. The number of methoxy groups -OCH3 is 1. The second-order valence-corrected chi connectivity index (χ2v) is 5.10. The van der Waals surface area contributed by atoms with E-state index in [9.17, 15) is 13.9 Å². The lowest BCUT2D eigenvalue weighted by Crippen LogP contribution is -2.23. The van der Waals surface area contributed by atoms with Gasteiger partial charge < -0.3 is 9.84 Å². The number of alkyl halides is 2. The van der Waals surface area contributed by atoms with E-state index in [-0.39, 0.29) is 5.56 Å². The minimum Gasteiger partial charge on any atom is -0.497 e. The van der Waals surface area contributed by atoms with Crippen molar-refractivity contribution in [2.75, 3.05) is 7.11 Å². The van der Waals surface area contributed by atoms with Gasteiger partial charge in [-0.15, -0.1) is 0 Å². The minimum atomic E-state index is -3.26. The summed E-state index contributed by atoms with van der Waals surface area (Å²) >= 11 is 0. The molecule has 1 N–H and O–H groups in total. The molecule has 0 amide bonds. The molecule has 1 aromatic rings. The molecular formula is C17H24F2O2. The average molecular weight is 298 g/mol. The van der Waals surface area contributed by atoms with Gasteiger partial charge in [-0.2, -0.15) is 8.78 Å². The third kappa shape index (κ3) is 5.84. The molecular weight excluding hydrogens is 274 g/mol. The first-order chi connectivity index (χ1) is 10.0. The number of allylic oxidation sites excluding steroid dienone is 1. The van der Waals surface area contributed by atoms with E-state index in [4.69, 9.17) is 4.74 Å². The molecule has 0 aliphatic heterocycles. The van der Waals surface area contributed by atoms with E-state index in [0.29, 0.717) is 12.2 Å². The van der Waals surface area contributed by atoms with Gasteiger partial charge in [-0.25, -0.2) is 0 Å². The molecule has 0 aromatic heterocycles. The van der Waals surface area contributed by atoms with E-state index in [2.05, 4.69) is 6.92 Å². The number of aliphatic hydroxyl groups excluding tert-OH is 1. The number of hydrogen-bond acceptors (Lipinski definition) is 2. The normalized spacial score (nSPS) is 13.6. The number of rotatable bonds is 9. The first kappa shape index (κ1) is 17.6. The molecule has 118 valence electrons. The number of benzene rings is 1. The van der Waals surface area contributed by atoms with Crippen LogP contribution in [0.4, 0.5) is 8.78 Å². The fourth-order valence-electron chi connectivity index (χ4n) is 2.03. The Kier molecular flexibility index (Phi) is 7.37. The van der Waals surface area contributed by atoms with Crippen LogP contribution in [0.25, 0.3) is 0 Å². The third-order valence-corrected chi connectivity index (χ3v) is 3.36. The summed E-state index contributed by atoms with van der Waals surface area (Å²) in [5.41, 5.74) is 0.177. The molecule has 21 heavy (non-hydrogen) atoms. The van der Waals surface area contributed by atoms with Crippen LogP contribution in [0.15, 0.2) is 36.4 Å². The zero-order chi connectivity index (χ0) is 15.7. The molecule has 0 aliphatic carbocycles. The van der Waals surface area contributed by atoms with Gasteiger partial charge in [0.2, 0.25) is 0 Å². The standard InChI is InChI=1S/C17H24F2O2/c1-3-4-5-6-7-8-13-17(18,19)16(20)14-9-11-15(21-2)12-10-14/h8-13,16,20H,3-7H2,1-2H3/b13-8-. The van der Waals surface area contributed by atoms with Crippen LogP contribution in [0.2, 0.25) is 0 Å². The van der Waals surface area contributed by atoms with Crippen LogP contribution >= 0.6 is 0 Å². The number of halogens is 2.